The maximum Gasteiger partial charge on any atom is 0.337 e. The second-order valence-corrected chi connectivity index (χ2v) is 5.52. The summed E-state index contributed by atoms with van der Waals surface area (Å²) in [6, 6.07) is 16.0. The van der Waals surface area contributed by atoms with Gasteiger partial charge >= 0.3 is 5.97 Å². The van der Waals surface area contributed by atoms with Crippen LogP contribution in [0.4, 0.5) is 5.69 Å². The lowest BCUT2D eigenvalue weighted by molar-refractivity contribution is -0.154. The van der Waals surface area contributed by atoms with E-state index in [0.717, 1.165) is 11.3 Å². The maximum atomic E-state index is 12.0. The van der Waals surface area contributed by atoms with Crippen LogP contribution in [-0.4, -0.2) is 30.8 Å². The second-order valence-electron chi connectivity index (χ2n) is 5.11. The molecule has 0 aliphatic rings. The summed E-state index contributed by atoms with van der Waals surface area (Å²) in [6.07, 6.45) is -1.32. The fraction of sp³-hybridized carbons (Fsp3) is 0.278. The van der Waals surface area contributed by atoms with Gasteiger partial charge in [0, 0.05) is 7.05 Å². The summed E-state index contributed by atoms with van der Waals surface area (Å²) in [4.78, 5) is 13.8. The van der Waals surface area contributed by atoms with Gasteiger partial charge in [0.15, 0.2) is 6.10 Å². The molecular weight excluding hydrogens is 314 g/mol. The highest BCUT2D eigenvalue weighted by Crippen LogP contribution is 2.33. The Morgan fingerprint density at radius 3 is 2.39 bits per heavy atom. The summed E-state index contributed by atoms with van der Waals surface area (Å²) < 4.78 is 4.97. The minimum Gasteiger partial charge on any atom is -0.464 e. The number of hydrogen-bond acceptors (Lipinski definition) is 4. The first-order valence-corrected chi connectivity index (χ1v) is 7.81. The lowest BCUT2D eigenvalue weighted by Crippen LogP contribution is -2.39. The first-order valence-electron chi connectivity index (χ1n) is 7.43. The van der Waals surface area contributed by atoms with Gasteiger partial charge in [0.2, 0.25) is 0 Å². The van der Waals surface area contributed by atoms with Crippen LogP contribution in [0, 0.1) is 0 Å². The van der Waals surface area contributed by atoms with Gasteiger partial charge in [0.1, 0.15) is 0 Å². The normalized spacial score (nSPS) is 13.2. The molecule has 2 atom stereocenters. The predicted octanol–water partition coefficient (Wildman–Crippen LogP) is 3.44. The van der Waals surface area contributed by atoms with Crippen LogP contribution in [0.3, 0.4) is 0 Å². The van der Waals surface area contributed by atoms with E-state index in [2.05, 4.69) is 0 Å². The number of hydrogen-bond donors (Lipinski definition) is 1. The highest BCUT2D eigenvalue weighted by molar-refractivity contribution is 6.33. The van der Waals surface area contributed by atoms with Crippen molar-refractivity contribution >= 4 is 23.3 Å². The Morgan fingerprint density at radius 1 is 1.17 bits per heavy atom. The molecule has 0 fully saturated rings. The molecular formula is C18H20ClNO3. The number of aliphatic hydroxyl groups excluding tert-OH is 1. The van der Waals surface area contributed by atoms with E-state index >= 15 is 0 Å². The number of carbonyl (C=O) groups excluding carboxylic acids is 1. The van der Waals surface area contributed by atoms with Gasteiger partial charge in [-0.15, -0.1) is 0 Å². The molecule has 0 aliphatic heterocycles. The van der Waals surface area contributed by atoms with Crippen LogP contribution in [0.5, 0.6) is 0 Å². The molecule has 0 heterocycles. The van der Waals surface area contributed by atoms with Crippen molar-refractivity contribution in [1.82, 2.24) is 0 Å². The monoisotopic (exact) mass is 333 g/mol. The van der Waals surface area contributed by atoms with Crippen molar-refractivity contribution in [2.75, 3.05) is 18.6 Å². The third-order valence-corrected chi connectivity index (χ3v) is 3.94. The standard InChI is InChI=1S/C18H20ClNO3/c1-3-23-18(22)17(21)16(13-9-5-4-6-10-13)20(2)15-12-8-7-11-14(15)19/h4-12,16-17,21H,3H2,1-2H3. The summed E-state index contributed by atoms with van der Waals surface area (Å²) in [5.41, 5.74) is 1.53. The molecule has 5 heteroatoms. The summed E-state index contributed by atoms with van der Waals surface area (Å²) in [6.45, 7) is 1.92. The zero-order valence-electron chi connectivity index (χ0n) is 13.1. The fourth-order valence-electron chi connectivity index (χ4n) is 2.51. The number of benzene rings is 2. The first kappa shape index (κ1) is 17.3. The number of carbonyl (C=O) groups is 1. The SMILES string of the molecule is CCOC(=O)C(O)C(c1ccccc1)N(C)c1ccccc1Cl. The highest BCUT2D eigenvalue weighted by Gasteiger charge is 2.32. The van der Waals surface area contributed by atoms with Crippen molar-refractivity contribution in [2.45, 2.75) is 19.1 Å². The molecule has 2 unspecified atom stereocenters. The molecule has 0 aromatic heterocycles. The number of halogens is 1. The lowest BCUT2D eigenvalue weighted by atomic mass is 9.99. The van der Waals surface area contributed by atoms with Gasteiger partial charge in [0.05, 0.1) is 23.4 Å². The third kappa shape index (κ3) is 4.03. The zero-order chi connectivity index (χ0) is 16.8. The average Bonchev–Trinajstić information content (AvgIpc) is 2.56. The van der Waals surface area contributed by atoms with Crippen LogP contribution in [0.1, 0.15) is 18.5 Å². The van der Waals surface area contributed by atoms with E-state index in [9.17, 15) is 9.90 Å². The van der Waals surface area contributed by atoms with E-state index in [4.69, 9.17) is 16.3 Å². The number of ether oxygens (including phenoxy) is 1. The Hall–Kier alpha value is -2.04. The van der Waals surface area contributed by atoms with Crippen molar-refractivity contribution in [3.05, 3.63) is 65.2 Å². The molecule has 0 spiro atoms. The van der Waals surface area contributed by atoms with Crippen molar-refractivity contribution in [3.8, 4) is 0 Å². The zero-order valence-corrected chi connectivity index (χ0v) is 13.9. The molecule has 0 saturated heterocycles. The summed E-state index contributed by atoms with van der Waals surface area (Å²) in [5, 5.41) is 11.1. The number of aliphatic hydroxyl groups is 1. The Bertz CT molecular complexity index is 648. The van der Waals surface area contributed by atoms with Gasteiger partial charge in [-0.2, -0.15) is 0 Å². The molecule has 1 N–H and O–H groups in total. The molecule has 0 aliphatic carbocycles. The molecule has 0 bridgehead atoms. The average molecular weight is 334 g/mol. The third-order valence-electron chi connectivity index (χ3n) is 3.62. The maximum absolute atomic E-state index is 12.0. The minimum absolute atomic E-state index is 0.215. The molecule has 0 amide bonds. The molecule has 2 aromatic rings. The van der Waals surface area contributed by atoms with E-state index in [-0.39, 0.29) is 6.61 Å². The topological polar surface area (TPSA) is 49.8 Å². The number of likely N-dealkylation sites (N-methyl/N-ethyl adjacent to an activating group) is 1. The number of rotatable bonds is 6. The summed E-state index contributed by atoms with van der Waals surface area (Å²) in [5.74, 6) is -0.653. The van der Waals surface area contributed by atoms with E-state index in [1.54, 1.807) is 24.9 Å². The van der Waals surface area contributed by atoms with E-state index in [0.29, 0.717) is 5.02 Å². The molecule has 2 rings (SSSR count). The van der Waals surface area contributed by atoms with Gasteiger partial charge in [0.25, 0.3) is 0 Å². The summed E-state index contributed by atoms with van der Waals surface area (Å²) >= 11 is 6.26. The van der Waals surface area contributed by atoms with Gasteiger partial charge in [-0.1, -0.05) is 54.1 Å². The molecule has 0 radical (unpaired) electrons. The lowest BCUT2D eigenvalue weighted by Gasteiger charge is -2.33. The minimum atomic E-state index is -1.32. The highest BCUT2D eigenvalue weighted by atomic mass is 35.5. The van der Waals surface area contributed by atoms with Gasteiger partial charge < -0.3 is 14.7 Å². The Kier molecular flexibility index (Phi) is 6.02. The van der Waals surface area contributed by atoms with Crippen LogP contribution in [0.25, 0.3) is 0 Å². The van der Waals surface area contributed by atoms with Crippen molar-refractivity contribution < 1.29 is 14.6 Å². The van der Waals surface area contributed by atoms with Gasteiger partial charge in [-0.25, -0.2) is 4.79 Å². The van der Waals surface area contributed by atoms with Crippen LogP contribution in [-0.2, 0) is 9.53 Å². The molecule has 122 valence electrons. The molecule has 23 heavy (non-hydrogen) atoms. The van der Waals surface area contributed by atoms with Crippen molar-refractivity contribution in [1.29, 1.82) is 0 Å². The number of esters is 1. The van der Waals surface area contributed by atoms with Crippen LogP contribution in [0.2, 0.25) is 5.02 Å². The number of nitrogens with zero attached hydrogens (tertiary/aromatic N) is 1. The molecule has 2 aromatic carbocycles. The van der Waals surface area contributed by atoms with Crippen molar-refractivity contribution in [3.63, 3.8) is 0 Å². The van der Waals surface area contributed by atoms with E-state index < -0.39 is 18.1 Å². The van der Waals surface area contributed by atoms with Crippen LogP contribution in [0.15, 0.2) is 54.6 Å². The van der Waals surface area contributed by atoms with Crippen LogP contribution < -0.4 is 4.90 Å². The quantitative estimate of drug-likeness (QED) is 0.823. The number of anilines is 1. The first-order chi connectivity index (χ1) is 11.1. The predicted molar refractivity (Wildman–Crippen MR) is 91.7 cm³/mol. The van der Waals surface area contributed by atoms with Gasteiger partial charge in [-0.3, -0.25) is 0 Å². The molecule has 0 saturated carbocycles. The van der Waals surface area contributed by atoms with E-state index in [1.807, 2.05) is 48.5 Å². The number of para-hydroxylation sites is 1. The fourth-order valence-corrected chi connectivity index (χ4v) is 2.78. The van der Waals surface area contributed by atoms with Gasteiger partial charge in [-0.05, 0) is 24.6 Å². The Balaban J connectivity index is 2.41. The Labute approximate surface area is 141 Å². The van der Waals surface area contributed by atoms with Crippen molar-refractivity contribution in [2.24, 2.45) is 0 Å². The summed E-state index contributed by atoms with van der Waals surface area (Å²) in [7, 11) is 1.79. The second kappa shape index (κ2) is 7.99. The Morgan fingerprint density at radius 2 is 1.78 bits per heavy atom. The largest absolute Gasteiger partial charge is 0.464 e. The van der Waals surface area contributed by atoms with E-state index in [1.165, 1.54) is 0 Å². The van der Waals surface area contributed by atoms with Crippen LogP contribution >= 0.6 is 11.6 Å². The molecule has 4 nitrogen and oxygen atoms in total. The smallest absolute Gasteiger partial charge is 0.337 e.